The summed E-state index contributed by atoms with van der Waals surface area (Å²) in [4.78, 5) is 13.3. The second-order valence-electron chi connectivity index (χ2n) is 6.45. The highest BCUT2D eigenvalue weighted by Crippen LogP contribution is 2.35. The number of halogens is 3. The van der Waals surface area contributed by atoms with Crippen LogP contribution < -0.4 is 0 Å². The van der Waals surface area contributed by atoms with E-state index in [1.165, 1.54) is 0 Å². The van der Waals surface area contributed by atoms with Crippen molar-refractivity contribution in [3.05, 3.63) is 103 Å². The molecule has 3 aromatic rings. The minimum absolute atomic E-state index is 0.185. The third kappa shape index (κ3) is 3.93. The van der Waals surface area contributed by atoms with E-state index in [4.69, 9.17) is 16.7 Å². The van der Waals surface area contributed by atoms with E-state index >= 15 is 0 Å². The molecule has 3 aromatic carbocycles. The third-order valence-electron chi connectivity index (χ3n) is 4.65. The zero-order chi connectivity index (χ0) is 19.7. The van der Waals surface area contributed by atoms with Crippen molar-refractivity contribution in [3.63, 3.8) is 0 Å². The van der Waals surface area contributed by atoms with E-state index in [0.717, 1.165) is 25.8 Å². The van der Waals surface area contributed by atoms with E-state index in [1.807, 2.05) is 60.7 Å². The number of hydrogen-bond acceptors (Lipinski definition) is 2. The van der Waals surface area contributed by atoms with Crippen molar-refractivity contribution in [3.8, 4) is 0 Å². The van der Waals surface area contributed by atoms with Gasteiger partial charge in [-0.15, -0.1) is 0 Å². The molecule has 1 aliphatic heterocycles. The summed E-state index contributed by atoms with van der Waals surface area (Å²) >= 11 is 13.2. The van der Waals surface area contributed by atoms with Gasteiger partial charge < -0.3 is 0 Å². The lowest BCUT2D eigenvalue weighted by atomic mass is 9.98. The minimum Gasteiger partial charge on any atom is -0.267 e. The Bertz CT molecular complexity index is 1050. The highest BCUT2D eigenvalue weighted by atomic mass is 79.9. The number of rotatable bonds is 3. The summed E-state index contributed by atoms with van der Waals surface area (Å²) in [6.45, 7) is 0. The number of carbonyl (C=O) groups excluding carboxylic acids is 1. The summed E-state index contributed by atoms with van der Waals surface area (Å²) in [6, 6.07) is 22.8. The predicted octanol–water partition coefficient (Wildman–Crippen LogP) is 6.86. The Morgan fingerprint density at radius 2 is 1.54 bits per heavy atom. The van der Waals surface area contributed by atoms with Gasteiger partial charge >= 0.3 is 0 Å². The van der Waals surface area contributed by atoms with Gasteiger partial charge in [0.25, 0.3) is 5.91 Å². The van der Waals surface area contributed by atoms with Crippen LogP contribution in [0.3, 0.4) is 0 Å². The molecule has 0 saturated heterocycles. The second kappa shape index (κ2) is 8.19. The fourth-order valence-corrected chi connectivity index (χ4v) is 3.96. The topological polar surface area (TPSA) is 32.7 Å². The van der Waals surface area contributed by atoms with Gasteiger partial charge in [0.15, 0.2) is 0 Å². The van der Waals surface area contributed by atoms with E-state index in [0.29, 0.717) is 17.0 Å². The fraction of sp³-hybridized carbons (Fsp3) is 0.0909. The normalized spacial score (nSPS) is 16.2. The molecule has 0 saturated carbocycles. The van der Waals surface area contributed by atoms with Gasteiger partial charge in [0.1, 0.15) is 0 Å². The van der Waals surface area contributed by atoms with E-state index < -0.39 is 0 Å². The smallest absolute Gasteiger partial charge is 0.267 e. The van der Waals surface area contributed by atoms with Gasteiger partial charge in [0.2, 0.25) is 0 Å². The highest BCUT2D eigenvalue weighted by Gasteiger charge is 2.34. The van der Waals surface area contributed by atoms with Crippen LogP contribution in [-0.4, -0.2) is 16.6 Å². The summed E-state index contributed by atoms with van der Waals surface area (Å²) in [6.07, 6.45) is 0.638. The van der Waals surface area contributed by atoms with Crippen LogP contribution in [0.1, 0.15) is 33.9 Å². The lowest BCUT2D eigenvalue weighted by Crippen LogP contribution is -2.27. The van der Waals surface area contributed by atoms with Crippen molar-refractivity contribution in [2.75, 3.05) is 0 Å². The molecule has 28 heavy (non-hydrogen) atoms. The molecule has 4 rings (SSSR count). The number of hydrazone groups is 1. The molecule has 0 aromatic heterocycles. The largest absolute Gasteiger partial charge is 0.276 e. The molecule has 1 atom stereocenters. The van der Waals surface area contributed by atoms with Crippen molar-refractivity contribution < 1.29 is 4.79 Å². The molecule has 0 radical (unpaired) electrons. The van der Waals surface area contributed by atoms with Gasteiger partial charge in [-0.1, -0.05) is 79.9 Å². The molecule has 0 unspecified atom stereocenters. The Labute approximate surface area is 185 Å². The van der Waals surface area contributed by atoms with Crippen molar-refractivity contribution in [2.24, 2.45) is 5.10 Å². The molecule has 0 aliphatic carbocycles. The van der Waals surface area contributed by atoms with E-state index in [9.17, 15) is 4.79 Å². The molecule has 1 aliphatic rings. The lowest BCUT2D eigenvalue weighted by molar-refractivity contribution is 0.0711. The number of hydrogen-bond donors (Lipinski definition) is 0. The maximum atomic E-state index is 13.3. The summed E-state index contributed by atoms with van der Waals surface area (Å²) in [5.74, 6) is -0.203. The van der Waals surface area contributed by atoms with Gasteiger partial charge in [-0.3, -0.25) is 4.79 Å². The monoisotopic (exact) mass is 516 g/mol. The Morgan fingerprint density at radius 3 is 2.18 bits per heavy atom. The van der Waals surface area contributed by atoms with Crippen LogP contribution in [0.4, 0.5) is 0 Å². The standard InChI is InChI=1S/C22H15Br2ClN2O/c23-16-9-5-14(6-10-16)20-13-21(15-7-11-17(24)12-8-15)27(26-20)22(28)18-3-1-2-4-19(18)25/h1-12,21H,13H2/t21-/m1/s1. The van der Waals surface area contributed by atoms with Gasteiger partial charge in [-0.05, 0) is 47.5 Å². The molecule has 0 fully saturated rings. The average molecular weight is 519 g/mol. The summed E-state index contributed by atoms with van der Waals surface area (Å²) in [5.41, 5.74) is 3.35. The van der Waals surface area contributed by atoms with Crippen molar-refractivity contribution in [1.82, 2.24) is 5.01 Å². The zero-order valence-corrected chi connectivity index (χ0v) is 18.6. The fourth-order valence-electron chi connectivity index (χ4n) is 3.22. The molecular formula is C22H15Br2ClN2O. The quantitative estimate of drug-likeness (QED) is 0.373. The van der Waals surface area contributed by atoms with Crippen LogP contribution in [0.15, 0.2) is 86.8 Å². The molecular weight excluding hydrogens is 504 g/mol. The second-order valence-corrected chi connectivity index (χ2v) is 8.69. The van der Waals surface area contributed by atoms with Crippen LogP contribution in [0, 0.1) is 0 Å². The van der Waals surface area contributed by atoms with Gasteiger partial charge in [-0.2, -0.15) is 5.10 Å². The first-order chi connectivity index (χ1) is 13.5. The summed E-state index contributed by atoms with van der Waals surface area (Å²) < 4.78 is 2.00. The maximum absolute atomic E-state index is 13.3. The van der Waals surface area contributed by atoms with Crippen LogP contribution in [0.5, 0.6) is 0 Å². The van der Waals surface area contributed by atoms with Crippen LogP contribution in [0.2, 0.25) is 5.02 Å². The molecule has 0 spiro atoms. The van der Waals surface area contributed by atoms with Crippen LogP contribution in [-0.2, 0) is 0 Å². The Hall–Kier alpha value is -1.95. The molecule has 3 nitrogen and oxygen atoms in total. The lowest BCUT2D eigenvalue weighted by Gasteiger charge is -2.22. The van der Waals surface area contributed by atoms with E-state index in [-0.39, 0.29) is 11.9 Å². The molecule has 0 N–H and O–H groups in total. The predicted molar refractivity (Wildman–Crippen MR) is 120 cm³/mol. The number of amides is 1. The molecule has 0 bridgehead atoms. The first kappa shape index (κ1) is 19.4. The Kier molecular flexibility index (Phi) is 5.67. The average Bonchev–Trinajstić information content (AvgIpc) is 3.14. The van der Waals surface area contributed by atoms with Gasteiger partial charge in [0, 0.05) is 15.4 Å². The molecule has 140 valence electrons. The van der Waals surface area contributed by atoms with Crippen LogP contribution in [0.25, 0.3) is 0 Å². The zero-order valence-electron chi connectivity index (χ0n) is 14.6. The maximum Gasteiger partial charge on any atom is 0.276 e. The molecule has 1 heterocycles. The van der Waals surface area contributed by atoms with E-state index in [2.05, 4.69) is 31.9 Å². The van der Waals surface area contributed by atoms with Crippen LogP contribution >= 0.6 is 43.5 Å². The van der Waals surface area contributed by atoms with E-state index in [1.54, 1.807) is 17.1 Å². The highest BCUT2D eigenvalue weighted by molar-refractivity contribution is 9.10. The minimum atomic E-state index is -0.203. The molecule has 1 amide bonds. The van der Waals surface area contributed by atoms with Gasteiger partial charge in [-0.25, -0.2) is 5.01 Å². The number of benzene rings is 3. The van der Waals surface area contributed by atoms with Gasteiger partial charge in [0.05, 0.1) is 22.3 Å². The molecule has 6 heteroatoms. The summed E-state index contributed by atoms with van der Waals surface area (Å²) in [7, 11) is 0. The number of carbonyl (C=O) groups is 1. The number of nitrogens with zero attached hydrogens (tertiary/aromatic N) is 2. The Balaban J connectivity index is 1.75. The van der Waals surface area contributed by atoms with Crippen molar-refractivity contribution in [2.45, 2.75) is 12.5 Å². The van der Waals surface area contributed by atoms with Crippen molar-refractivity contribution in [1.29, 1.82) is 0 Å². The third-order valence-corrected chi connectivity index (χ3v) is 6.04. The van der Waals surface area contributed by atoms with Crippen molar-refractivity contribution >= 4 is 55.1 Å². The first-order valence-corrected chi connectivity index (χ1v) is 10.7. The first-order valence-electron chi connectivity index (χ1n) is 8.70. The SMILES string of the molecule is O=C(c1ccccc1Cl)N1N=C(c2ccc(Br)cc2)C[C@@H]1c1ccc(Br)cc1. The Morgan fingerprint density at radius 1 is 0.929 bits per heavy atom. The summed E-state index contributed by atoms with van der Waals surface area (Å²) in [5, 5.41) is 6.68.